The average Bonchev–Trinajstić information content (AvgIpc) is 2.61. The molecule has 3 heteroatoms. The maximum Gasteiger partial charge on any atom is 0.119 e. The second-order valence-electron chi connectivity index (χ2n) is 5.83. The van der Waals surface area contributed by atoms with Crippen molar-refractivity contribution >= 4 is 5.57 Å². The van der Waals surface area contributed by atoms with Gasteiger partial charge in [0.25, 0.3) is 0 Å². The Hall–Kier alpha value is -1.74. The lowest BCUT2D eigenvalue weighted by Crippen LogP contribution is -2.02. The van der Waals surface area contributed by atoms with Gasteiger partial charge in [0.1, 0.15) is 12.4 Å². The molecule has 3 nitrogen and oxygen atoms in total. The van der Waals surface area contributed by atoms with E-state index in [4.69, 9.17) is 14.6 Å². The van der Waals surface area contributed by atoms with Gasteiger partial charge in [0.15, 0.2) is 0 Å². The molecule has 1 aliphatic rings. The lowest BCUT2D eigenvalue weighted by atomic mass is 9.96. The normalized spacial score (nSPS) is 14.2. The van der Waals surface area contributed by atoms with Crippen molar-refractivity contribution in [3.63, 3.8) is 0 Å². The molecule has 0 aliphatic heterocycles. The molecular formula is C20H28O3. The average molecular weight is 316 g/mol. The number of benzene rings is 1. The van der Waals surface area contributed by atoms with Gasteiger partial charge < -0.3 is 14.6 Å². The van der Waals surface area contributed by atoms with E-state index in [1.165, 1.54) is 30.4 Å². The summed E-state index contributed by atoms with van der Waals surface area (Å²) in [6.45, 7) is 3.44. The van der Waals surface area contributed by atoms with Gasteiger partial charge in [0.2, 0.25) is 0 Å². The third kappa shape index (κ3) is 6.11. The third-order valence-corrected chi connectivity index (χ3v) is 3.98. The summed E-state index contributed by atoms with van der Waals surface area (Å²) in [6.07, 6.45) is 11.2. The first-order valence-corrected chi connectivity index (χ1v) is 8.70. The summed E-state index contributed by atoms with van der Waals surface area (Å²) in [4.78, 5) is 0. The molecule has 0 radical (unpaired) electrons. The van der Waals surface area contributed by atoms with Crippen LogP contribution in [0.3, 0.4) is 0 Å². The van der Waals surface area contributed by atoms with E-state index in [-0.39, 0.29) is 6.61 Å². The van der Waals surface area contributed by atoms with Crippen molar-refractivity contribution in [1.29, 1.82) is 0 Å². The van der Waals surface area contributed by atoms with Gasteiger partial charge in [-0.1, -0.05) is 44.4 Å². The van der Waals surface area contributed by atoms with Crippen LogP contribution in [-0.4, -0.2) is 24.9 Å². The van der Waals surface area contributed by atoms with Gasteiger partial charge in [-0.25, -0.2) is 0 Å². The molecule has 1 aliphatic carbocycles. The van der Waals surface area contributed by atoms with Gasteiger partial charge in [-0.15, -0.1) is 0 Å². The number of unbranched alkanes of at least 4 members (excludes halogenated alkanes) is 3. The fourth-order valence-electron chi connectivity index (χ4n) is 2.64. The Balaban J connectivity index is 1.82. The van der Waals surface area contributed by atoms with Crippen LogP contribution in [0.2, 0.25) is 0 Å². The Kier molecular flexibility index (Phi) is 7.74. The number of allylic oxidation sites excluding steroid dienone is 4. The predicted molar refractivity (Wildman–Crippen MR) is 94.4 cm³/mol. The number of hydrogen-bond donors (Lipinski definition) is 1. The van der Waals surface area contributed by atoms with E-state index in [0.29, 0.717) is 6.61 Å². The van der Waals surface area contributed by atoms with Gasteiger partial charge in [-0.05, 0) is 42.2 Å². The van der Waals surface area contributed by atoms with Crippen LogP contribution in [0.25, 0.3) is 5.57 Å². The Labute approximate surface area is 139 Å². The molecule has 1 aromatic rings. The van der Waals surface area contributed by atoms with Crippen molar-refractivity contribution in [3.05, 3.63) is 47.7 Å². The molecule has 1 N–H and O–H groups in total. The molecule has 2 rings (SSSR count). The molecule has 0 saturated heterocycles. The van der Waals surface area contributed by atoms with E-state index >= 15 is 0 Å². The zero-order valence-electron chi connectivity index (χ0n) is 14.1. The fraction of sp³-hybridized carbons (Fsp3) is 0.500. The largest absolute Gasteiger partial charge is 0.498 e. The summed E-state index contributed by atoms with van der Waals surface area (Å²) in [5.74, 6) is 1.90. The highest BCUT2D eigenvalue weighted by Crippen LogP contribution is 2.28. The Morgan fingerprint density at radius 1 is 0.913 bits per heavy atom. The van der Waals surface area contributed by atoms with E-state index in [1.807, 2.05) is 12.1 Å². The Morgan fingerprint density at radius 2 is 1.74 bits per heavy atom. The summed E-state index contributed by atoms with van der Waals surface area (Å²) in [5, 5.41) is 8.76. The molecule has 0 amide bonds. The lowest BCUT2D eigenvalue weighted by molar-refractivity contribution is 0.196. The highest BCUT2D eigenvalue weighted by Gasteiger charge is 2.09. The van der Waals surface area contributed by atoms with Crippen molar-refractivity contribution in [2.24, 2.45) is 0 Å². The molecule has 0 heterocycles. The first-order valence-electron chi connectivity index (χ1n) is 8.70. The molecule has 0 saturated carbocycles. The molecule has 0 unspecified atom stereocenters. The van der Waals surface area contributed by atoms with Crippen molar-refractivity contribution in [3.8, 4) is 5.75 Å². The minimum Gasteiger partial charge on any atom is -0.498 e. The maximum absolute atomic E-state index is 8.76. The predicted octanol–water partition coefficient (Wildman–Crippen LogP) is 4.72. The summed E-state index contributed by atoms with van der Waals surface area (Å²) in [5.41, 5.74) is 2.55. The van der Waals surface area contributed by atoms with Gasteiger partial charge >= 0.3 is 0 Å². The smallest absolute Gasteiger partial charge is 0.119 e. The molecule has 0 bridgehead atoms. The second-order valence-corrected chi connectivity index (χ2v) is 5.83. The zero-order valence-corrected chi connectivity index (χ0v) is 14.1. The number of aliphatic hydroxyl groups excluding tert-OH is 1. The topological polar surface area (TPSA) is 38.7 Å². The van der Waals surface area contributed by atoms with E-state index in [1.54, 1.807) is 0 Å². The molecule has 0 fully saturated rings. The summed E-state index contributed by atoms with van der Waals surface area (Å²) in [7, 11) is 0. The summed E-state index contributed by atoms with van der Waals surface area (Å²) < 4.78 is 11.2. The van der Waals surface area contributed by atoms with Crippen LogP contribution < -0.4 is 4.74 Å². The van der Waals surface area contributed by atoms with E-state index in [2.05, 4.69) is 31.2 Å². The minimum atomic E-state index is 0.0406. The van der Waals surface area contributed by atoms with Crippen LogP contribution in [0.15, 0.2) is 42.2 Å². The molecule has 0 atom stereocenters. The van der Waals surface area contributed by atoms with E-state index in [9.17, 15) is 0 Å². The Bertz CT molecular complexity index is 514. The highest BCUT2D eigenvalue weighted by molar-refractivity contribution is 5.68. The first kappa shape index (κ1) is 17.6. The van der Waals surface area contributed by atoms with Crippen LogP contribution in [0, 0.1) is 0 Å². The summed E-state index contributed by atoms with van der Waals surface area (Å²) in [6, 6.07) is 8.05. The van der Waals surface area contributed by atoms with Gasteiger partial charge in [0.05, 0.1) is 19.0 Å². The number of hydrogen-bond acceptors (Lipinski definition) is 3. The highest BCUT2D eigenvalue weighted by atomic mass is 16.5. The van der Waals surface area contributed by atoms with E-state index < -0.39 is 0 Å². The van der Waals surface area contributed by atoms with Crippen LogP contribution in [0.5, 0.6) is 5.75 Å². The van der Waals surface area contributed by atoms with E-state index in [0.717, 1.165) is 37.4 Å². The number of ether oxygens (including phenoxy) is 2. The summed E-state index contributed by atoms with van der Waals surface area (Å²) >= 11 is 0. The third-order valence-electron chi connectivity index (χ3n) is 3.98. The molecular weight excluding hydrogens is 288 g/mol. The van der Waals surface area contributed by atoms with Crippen LogP contribution in [0.4, 0.5) is 0 Å². The monoisotopic (exact) mass is 316 g/mol. The standard InChI is InChI=1S/C20H28O3/c1-2-3-4-5-15-22-19-10-6-17(7-11-19)18-8-12-20(13-9-18)23-16-14-21/h6,8-10,12-13,21H,2-5,7,11,14-16H2,1H3. The molecule has 1 aromatic carbocycles. The minimum absolute atomic E-state index is 0.0406. The Morgan fingerprint density at radius 3 is 2.39 bits per heavy atom. The van der Waals surface area contributed by atoms with Crippen LogP contribution >= 0.6 is 0 Å². The number of aliphatic hydroxyl groups is 1. The molecule has 0 spiro atoms. The molecule has 0 aromatic heterocycles. The first-order chi connectivity index (χ1) is 11.3. The second kappa shape index (κ2) is 10.1. The SMILES string of the molecule is CCCCCCOC1=CC=C(c2ccc(OCCO)cc2)CC1. The van der Waals surface area contributed by atoms with Gasteiger partial charge in [-0.3, -0.25) is 0 Å². The molecule has 23 heavy (non-hydrogen) atoms. The van der Waals surface area contributed by atoms with Crippen molar-refractivity contribution in [1.82, 2.24) is 0 Å². The van der Waals surface area contributed by atoms with Gasteiger partial charge in [0, 0.05) is 6.42 Å². The molecule has 126 valence electrons. The van der Waals surface area contributed by atoms with Gasteiger partial charge in [-0.2, -0.15) is 0 Å². The van der Waals surface area contributed by atoms with Crippen molar-refractivity contribution in [2.75, 3.05) is 19.8 Å². The quantitative estimate of drug-likeness (QED) is 0.635. The van der Waals surface area contributed by atoms with Crippen molar-refractivity contribution < 1.29 is 14.6 Å². The number of rotatable bonds is 10. The van der Waals surface area contributed by atoms with Crippen LogP contribution in [0.1, 0.15) is 51.0 Å². The lowest BCUT2D eigenvalue weighted by Gasteiger charge is -2.16. The zero-order chi connectivity index (χ0) is 16.3. The van der Waals surface area contributed by atoms with Crippen molar-refractivity contribution in [2.45, 2.75) is 45.4 Å². The maximum atomic E-state index is 8.76. The fourth-order valence-corrected chi connectivity index (χ4v) is 2.64. The van der Waals surface area contributed by atoms with Crippen LogP contribution in [-0.2, 0) is 4.74 Å².